The zero-order valence-electron chi connectivity index (χ0n) is 12.6. The zero-order chi connectivity index (χ0) is 14.9. The minimum Gasteiger partial charge on any atom is -0.351 e. The van der Waals surface area contributed by atoms with E-state index in [1.54, 1.807) is 12.1 Å². The molecule has 22 heavy (non-hydrogen) atoms. The molecule has 2 aromatic rings. The lowest BCUT2D eigenvalue weighted by molar-refractivity contribution is 0.435. The van der Waals surface area contributed by atoms with Crippen molar-refractivity contribution in [1.29, 1.82) is 0 Å². The molecule has 3 nitrogen and oxygen atoms in total. The first-order valence-electron chi connectivity index (χ1n) is 8.00. The molecule has 0 bridgehead atoms. The number of hydrogen-bond donors (Lipinski definition) is 1. The molecule has 0 amide bonds. The van der Waals surface area contributed by atoms with Crippen molar-refractivity contribution in [1.82, 2.24) is 10.3 Å². The van der Waals surface area contributed by atoms with Crippen molar-refractivity contribution >= 4 is 5.82 Å². The number of pyridine rings is 1. The number of nitrogens with zero attached hydrogens (tertiary/aromatic N) is 2. The molecule has 1 fully saturated rings. The van der Waals surface area contributed by atoms with E-state index >= 15 is 0 Å². The van der Waals surface area contributed by atoms with Crippen LogP contribution in [0.25, 0.3) is 0 Å². The molecule has 4 rings (SSSR count). The summed E-state index contributed by atoms with van der Waals surface area (Å²) in [5.41, 5.74) is 3.66. The minimum atomic E-state index is -0.164. The van der Waals surface area contributed by atoms with E-state index in [0.717, 1.165) is 43.9 Å². The van der Waals surface area contributed by atoms with Crippen LogP contribution in [0, 0.1) is 5.82 Å². The summed E-state index contributed by atoms with van der Waals surface area (Å²) < 4.78 is 13.4. The Hall–Kier alpha value is -1.94. The Bertz CT molecular complexity index is 686. The summed E-state index contributed by atoms with van der Waals surface area (Å²) >= 11 is 0. The maximum atomic E-state index is 13.4. The van der Waals surface area contributed by atoms with Crippen molar-refractivity contribution in [2.45, 2.75) is 25.3 Å². The second kappa shape index (κ2) is 5.69. The fourth-order valence-electron chi connectivity index (χ4n) is 3.68. The fourth-order valence-corrected chi connectivity index (χ4v) is 3.68. The molecular formula is C18H20FN3. The van der Waals surface area contributed by atoms with Crippen LogP contribution in [-0.2, 0) is 12.8 Å². The van der Waals surface area contributed by atoms with Crippen LogP contribution in [0.1, 0.15) is 23.1 Å². The van der Waals surface area contributed by atoms with Crippen LogP contribution in [0.2, 0.25) is 0 Å². The van der Waals surface area contributed by atoms with Crippen LogP contribution in [0.3, 0.4) is 0 Å². The van der Waals surface area contributed by atoms with Gasteiger partial charge in [0.15, 0.2) is 0 Å². The number of rotatable bonds is 2. The lowest BCUT2D eigenvalue weighted by atomic mass is 9.91. The van der Waals surface area contributed by atoms with E-state index in [2.05, 4.69) is 21.3 Å². The molecular weight excluding hydrogens is 277 g/mol. The molecule has 0 saturated carbocycles. The maximum Gasteiger partial charge on any atom is 0.132 e. The monoisotopic (exact) mass is 297 g/mol. The van der Waals surface area contributed by atoms with Crippen LogP contribution < -0.4 is 10.2 Å². The Morgan fingerprint density at radius 1 is 1.32 bits per heavy atom. The molecule has 1 atom stereocenters. The lowest BCUT2D eigenvalue weighted by Gasteiger charge is -2.42. The first-order valence-corrected chi connectivity index (χ1v) is 8.00. The largest absolute Gasteiger partial charge is 0.351 e. The number of piperazine rings is 1. The summed E-state index contributed by atoms with van der Waals surface area (Å²) in [5, 5.41) is 3.46. The second-order valence-corrected chi connectivity index (χ2v) is 6.17. The molecule has 1 aromatic carbocycles. The van der Waals surface area contributed by atoms with Gasteiger partial charge in [0.2, 0.25) is 0 Å². The average molecular weight is 297 g/mol. The lowest BCUT2D eigenvalue weighted by Crippen LogP contribution is -2.53. The molecule has 0 aliphatic carbocycles. The number of benzene rings is 1. The first-order chi connectivity index (χ1) is 10.8. The van der Waals surface area contributed by atoms with E-state index in [1.165, 1.54) is 23.6 Å². The predicted molar refractivity (Wildman–Crippen MR) is 85.8 cm³/mol. The molecule has 2 aliphatic heterocycles. The Kier molecular flexibility index (Phi) is 3.54. The van der Waals surface area contributed by atoms with Crippen molar-refractivity contribution < 1.29 is 4.39 Å². The van der Waals surface area contributed by atoms with Gasteiger partial charge in [-0.15, -0.1) is 0 Å². The van der Waals surface area contributed by atoms with E-state index in [4.69, 9.17) is 0 Å². The summed E-state index contributed by atoms with van der Waals surface area (Å²) in [7, 11) is 0. The molecule has 0 spiro atoms. The number of hydrogen-bond acceptors (Lipinski definition) is 3. The van der Waals surface area contributed by atoms with Gasteiger partial charge in [0.05, 0.1) is 0 Å². The Labute approximate surface area is 130 Å². The van der Waals surface area contributed by atoms with Crippen molar-refractivity contribution in [3.63, 3.8) is 0 Å². The van der Waals surface area contributed by atoms with Crippen LogP contribution in [0.5, 0.6) is 0 Å². The standard InChI is InChI=1S/C18H20FN3/c19-15-3-1-2-13(11-15)10-14-6-7-21-18-17(14)5-4-16-12-20-8-9-22(16)18/h1-3,6-7,11,16,20H,4-5,8-10,12H2. The van der Waals surface area contributed by atoms with Crippen molar-refractivity contribution in [3.05, 3.63) is 59.0 Å². The summed E-state index contributed by atoms with van der Waals surface area (Å²) in [6, 6.07) is 9.56. The van der Waals surface area contributed by atoms with Crippen LogP contribution in [0.15, 0.2) is 36.5 Å². The highest BCUT2D eigenvalue weighted by Gasteiger charge is 2.30. The highest BCUT2D eigenvalue weighted by molar-refractivity contribution is 5.55. The molecule has 0 radical (unpaired) electrons. The number of aromatic nitrogens is 1. The molecule has 1 unspecified atom stereocenters. The number of anilines is 1. The maximum absolute atomic E-state index is 13.4. The smallest absolute Gasteiger partial charge is 0.132 e. The van der Waals surface area contributed by atoms with Gasteiger partial charge in [0.25, 0.3) is 0 Å². The van der Waals surface area contributed by atoms with E-state index in [-0.39, 0.29) is 5.82 Å². The van der Waals surface area contributed by atoms with Gasteiger partial charge in [-0.25, -0.2) is 9.37 Å². The second-order valence-electron chi connectivity index (χ2n) is 6.17. The van der Waals surface area contributed by atoms with E-state index in [9.17, 15) is 4.39 Å². The molecule has 1 aromatic heterocycles. The van der Waals surface area contributed by atoms with E-state index in [1.807, 2.05) is 12.3 Å². The zero-order valence-corrected chi connectivity index (χ0v) is 12.6. The van der Waals surface area contributed by atoms with Crippen LogP contribution >= 0.6 is 0 Å². The highest BCUT2D eigenvalue weighted by Crippen LogP contribution is 2.32. The molecule has 4 heteroatoms. The van der Waals surface area contributed by atoms with Crippen molar-refractivity contribution in [2.24, 2.45) is 0 Å². The normalized spacial score (nSPS) is 20.4. The van der Waals surface area contributed by atoms with Crippen LogP contribution in [-0.4, -0.2) is 30.7 Å². The third kappa shape index (κ3) is 2.48. The molecule has 3 heterocycles. The van der Waals surface area contributed by atoms with Crippen molar-refractivity contribution in [2.75, 3.05) is 24.5 Å². The minimum absolute atomic E-state index is 0.164. The van der Waals surface area contributed by atoms with Gasteiger partial charge >= 0.3 is 0 Å². The fraction of sp³-hybridized carbons (Fsp3) is 0.389. The van der Waals surface area contributed by atoms with Gasteiger partial charge in [-0.05, 0) is 54.2 Å². The predicted octanol–water partition coefficient (Wildman–Crippen LogP) is 2.54. The van der Waals surface area contributed by atoms with Gasteiger partial charge in [-0.3, -0.25) is 0 Å². The van der Waals surface area contributed by atoms with Gasteiger partial charge in [0.1, 0.15) is 11.6 Å². The molecule has 1 saturated heterocycles. The molecule has 1 N–H and O–H groups in total. The Morgan fingerprint density at radius 2 is 2.27 bits per heavy atom. The topological polar surface area (TPSA) is 28.2 Å². The number of fused-ring (bicyclic) bond motifs is 3. The Morgan fingerprint density at radius 3 is 3.18 bits per heavy atom. The highest BCUT2D eigenvalue weighted by atomic mass is 19.1. The summed E-state index contributed by atoms with van der Waals surface area (Å²) in [6.45, 7) is 3.09. The van der Waals surface area contributed by atoms with Gasteiger partial charge in [-0.1, -0.05) is 12.1 Å². The van der Waals surface area contributed by atoms with Crippen molar-refractivity contribution in [3.8, 4) is 0 Å². The van der Waals surface area contributed by atoms with E-state index in [0.29, 0.717) is 6.04 Å². The van der Waals surface area contributed by atoms with Gasteiger partial charge in [0, 0.05) is 31.9 Å². The number of nitrogens with one attached hydrogen (secondary N) is 1. The van der Waals surface area contributed by atoms with Gasteiger partial charge < -0.3 is 10.2 Å². The molecule has 114 valence electrons. The third-order valence-electron chi connectivity index (χ3n) is 4.76. The quantitative estimate of drug-likeness (QED) is 0.923. The third-order valence-corrected chi connectivity index (χ3v) is 4.76. The Balaban J connectivity index is 1.67. The van der Waals surface area contributed by atoms with E-state index < -0.39 is 0 Å². The summed E-state index contributed by atoms with van der Waals surface area (Å²) in [4.78, 5) is 7.10. The summed E-state index contributed by atoms with van der Waals surface area (Å²) in [6.07, 6.45) is 4.91. The summed E-state index contributed by atoms with van der Waals surface area (Å²) in [5.74, 6) is 0.981. The SMILES string of the molecule is Fc1cccc(Cc2ccnc3c2CCC2CNCCN32)c1. The molecule has 2 aliphatic rings. The average Bonchev–Trinajstić information content (AvgIpc) is 2.55. The van der Waals surface area contributed by atoms with Crippen LogP contribution in [0.4, 0.5) is 10.2 Å². The number of halogens is 1. The first kappa shape index (κ1) is 13.7. The van der Waals surface area contributed by atoms with Gasteiger partial charge in [-0.2, -0.15) is 0 Å².